The Hall–Kier alpha value is -1.59. The van der Waals surface area contributed by atoms with Gasteiger partial charge in [-0.15, -0.1) is 0 Å². The zero-order valence-electron chi connectivity index (χ0n) is 10.7. The molecule has 0 aromatic carbocycles. The Balaban J connectivity index is 1.55. The van der Waals surface area contributed by atoms with Crippen LogP contribution in [0.15, 0.2) is 0 Å². The lowest BCUT2D eigenvalue weighted by molar-refractivity contribution is -0.129. The third-order valence-electron chi connectivity index (χ3n) is 4.72. The van der Waals surface area contributed by atoms with Crippen LogP contribution in [0.3, 0.4) is 0 Å². The number of hydrogen-bond donors (Lipinski definition) is 0. The number of carbonyl (C=O) groups is 3. The molecule has 2 atom stereocenters. The second-order valence-corrected chi connectivity index (χ2v) is 5.98. The minimum atomic E-state index is -0.252. The van der Waals surface area contributed by atoms with E-state index in [1.165, 1.54) is 4.90 Å². The van der Waals surface area contributed by atoms with Gasteiger partial charge in [-0.05, 0) is 25.7 Å². The molecule has 1 saturated carbocycles. The van der Waals surface area contributed by atoms with Gasteiger partial charge in [0.15, 0.2) is 0 Å². The van der Waals surface area contributed by atoms with Gasteiger partial charge in [0.1, 0.15) is 6.04 Å². The van der Waals surface area contributed by atoms with Crippen LogP contribution in [0.2, 0.25) is 0 Å². The maximum Gasteiger partial charge on any atom is 0.327 e. The number of fused-ring (bicyclic) bond motifs is 1. The van der Waals surface area contributed by atoms with Crippen molar-refractivity contribution >= 4 is 17.8 Å². The predicted molar refractivity (Wildman–Crippen MR) is 65.1 cm³/mol. The second-order valence-electron chi connectivity index (χ2n) is 5.98. The first kappa shape index (κ1) is 11.3. The van der Waals surface area contributed by atoms with Gasteiger partial charge in [0, 0.05) is 25.6 Å². The molecular formula is C13H17N3O3. The van der Waals surface area contributed by atoms with Crippen LogP contribution in [-0.4, -0.2) is 63.8 Å². The Morgan fingerprint density at radius 3 is 2.42 bits per heavy atom. The van der Waals surface area contributed by atoms with Crippen molar-refractivity contribution < 1.29 is 14.4 Å². The molecule has 19 heavy (non-hydrogen) atoms. The van der Waals surface area contributed by atoms with Crippen LogP contribution in [0.4, 0.5) is 4.79 Å². The van der Waals surface area contributed by atoms with E-state index in [-0.39, 0.29) is 29.9 Å². The minimum absolute atomic E-state index is 0.0852. The summed E-state index contributed by atoms with van der Waals surface area (Å²) in [5.41, 5.74) is 0. The molecule has 0 spiro atoms. The summed E-state index contributed by atoms with van der Waals surface area (Å²) in [5, 5.41) is 0. The van der Waals surface area contributed by atoms with Crippen LogP contribution in [-0.2, 0) is 9.59 Å². The Morgan fingerprint density at radius 2 is 1.74 bits per heavy atom. The monoisotopic (exact) mass is 263 g/mol. The van der Waals surface area contributed by atoms with Gasteiger partial charge in [-0.3, -0.25) is 14.5 Å². The van der Waals surface area contributed by atoms with Crippen molar-refractivity contribution in [1.29, 1.82) is 0 Å². The van der Waals surface area contributed by atoms with E-state index in [1.807, 2.05) is 4.90 Å². The molecule has 0 aromatic rings. The average Bonchev–Trinajstić information content (AvgIpc) is 2.89. The average molecular weight is 263 g/mol. The molecule has 1 aliphatic carbocycles. The van der Waals surface area contributed by atoms with E-state index in [2.05, 4.69) is 0 Å². The molecule has 6 heteroatoms. The van der Waals surface area contributed by atoms with Gasteiger partial charge >= 0.3 is 6.03 Å². The van der Waals surface area contributed by atoms with Crippen molar-refractivity contribution in [2.45, 2.75) is 50.2 Å². The second kappa shape index (κ2) is 3.71. The van der Waals surface area contributed by atoms with Crippen LogP contribution in [0.1, 0.15) is 32.1 Å². The topological polar surface area (TPSA) is 60.9 Å². The largest absolute Gasteiger partial charge is 0.338 e. The fraction of sp³-hybridized carbons (Fsp3) is 0.769. The highest BCUT2D eigenvalue weighted by atomic mass is 16.2. The lowest BCUT2D eigenvalue weighted by Gasteiger charge is -2.22. The predicted octanol–water partition coefficient (Wildman–Crippen LogP) is 0.176. The standard InChI is InChI=1S/C13H17N3O3/c17-11-6-9(7-15(11)8-3-4-8)16-12(18)10-2-1-5-14(10)13(16)19/h8-10H,1-7H2/t9-,10-/m0/s1. The minimum Gasteiger partial charge on any atom is -0.338 e. The van der Waals surface area contributed by atoms with E-state index in [9.17, 15) is 14.4 Å². The summed E-state index contributed by atoms with van der Waals surface area (Å²) >= 11 is 0. The number of amides is 4. The van der Waals surface area contributed by atoms with Crippen molar-refractivity contribution in [3.63, 3.8) is 0 Å². The summed E-state index contributed by atoms with van der Waals surface area (Å²) in [7, 11) is 0. The lowest BCUT2D eigenvalue weighted by Crippen LogP contribution is -2.43. The van der Waals surface area contributed by atoms with Crippen molar-refractivity contribution in [1.82, 2.24) is 14.7 Å². The molecule has 3 aliphatic heterocycles. The van der Waals surface area contributed by atoms with E-state index >= 15 is 0 Å². The van der Waals surface area contributed by atoms with Crippen LogP contribution in [0, 0.1) is 0 Å². The van der Waals surface area contributed by atoms with Crippen molar-refractivity contribution in [2.75, 3.05) is 13.1 Å². The molecule has 0 bridgehead atoms. The maximum absolute atomic E-state index is 12.3. The summed E-state index contributed by atoms with van der Waals surface area (Å²) in [4.78, 5) is 41.4. The van der Waals surface area contributed by atoms with Gasteiger partial charge in [0.2, 0.25) is 5.91 Å². The Kier molecular flexibility index (Phi) is 2.20. The fourth-order valence-corrected chi connectivity index (χ4v) is 3.61. The molecule has 0 radical (unpaired) electrons. The number of nitrogens with zero attached hydrogens (tertiary/aromatic N) is 3. The molecule has 102 valence electrons. The van der Waals surface area contributed by atoms with Crippen molar-refractivity contribution in [2.24, 2.45) is 0 Å². The first-order valence-electron chi connectivity index (χ1n) is 7.10. The summed E-state index contributed by atoms with van der Waals surface area (Å²) in [5.74, 6) is 0.0121. The summed E-state index contributed by atoms with van der Waals surface area (Å²) in [6, 6.07) is -0.302. The van der Waals surface area contributed by atoms with E-state index in [4.69, 9.17) is 0 Å². The van der Waals surface area contributed by atoms with Crippen molar-refractivity contribution in [3.05, 3.63) is 0 Å². The molecular weight excluding hydrogens is 246 g/mol. The molecule has 6 nitrogen and oxygen atoms in total. The van der Waals surface area contributed by atoms with Crippen LogP contribution >= 0.6 is 0 Å². The molecule has 4 rings (SSSR count). The molecule has 4 fully saturated rings. The first-order chi connectivity index (χ1) is 9.16. The van der Waals surface area contributed by atoms with Gasteiger partial charge in [-0.25, -0.2) is 4.79 Å². The highest BCUT2D eigenvalue weighted by Crippen LogP contribution is 2.35. The Bertz CT molecular complexity index is 452. The van der Waals surface area contributed by atoms with Gasteiger partial charge in [-0.2, -0.15) is 0 Å². The molecule has 0 unspecified atom stereocenters. The zero-order chi connectivity index (χ0) is 13.1. The molecule has 0 aromatic heterocycles. The third kappa shape index (κ3) is 1.52. The molecule has 3 saturated heterocycles. The highest BCUT2D eigenvalue weighted by molar-refractivity contribution is 6.05. The number of likely N-dealkylation sites (tertiary alicyclic amines) is 1. The smallest absolute Gasteiger partial charge is 0.327 e. The SMILES string of the molecule is O=C1C[C@H](N2C(=O)[C@@H]3CCCN3C2=O)CN1C1CC1. The van der Waals surface area contributed by atoms with E-state index in [0.717, 1.165) is 25.7 Å². The maximum atomic E-state index is 12.3. The van der Waals surface area contributed by atoms with Crippen LogP contribution in [0.5, 0.6) is 0 Å². The summed E-state index contributed by atoms with van der Waals surface area (Å²) in [6.07, 6.45) is 4.13. The van der Waals surface area contributed by atoms with Gasteiger partial charge in [0.25, 0.3) is 5.91 Å². The number of imide groups is 1. The normalized spacial score (nSPS) is 34.7. The quantitative estimate of drug-likeness (QED) is 0.668. The Labute approximate surface area is 111 Å². The summed E-state index contributed by atoms with van der Waals surface area (Å²) < 4.78 is 0. The van der Waals surface area contributed by atoms with Gasteiger partial charge in [0.05, 0.1) is 6.04 Å². The van der Waals surface area contributed by atoms with Gasteiger partial charge < -0.3 is 9.80 Å². The van der Waals surface area contributed by atoms with Crippen LogP contribution in [0.25, 0.3) is 0 Å². The van der Waals surface area contributed by atoms with Gasteiger partial charge in [-0.1, -0.05) is 0 Å². The molecule has 0 N–H and O–H groups in total. The Morgan fingerprint density at radius 1 is 0.947 bits per heavy atom. The first-order valence-corrected chi connectivity index (χ1v) is 7.10. The molecule has 3 heterocycles. The van der Waals surface area contributed by atoms with E-state index in [0.29, 0.717) is 25.6 Å². The van der Waals surface area contributed by atoms with E-state index < -0.39 is 0 Å². The van der Waals surface area contributed by atoms with Crippen molar-refractivity contribution in [3.8, 4) is 0 Å². The zero-order valence-corrected chi connectivity index (χ0v) is 10.7. The lowest BCUT2D eigenvalue weighted by atomic mass is 10.2. The van der Waals surface area contributed by atoms with E-state index in [1.54, 1.807) is 4.90 Å². The fourth-order valence-electron chi connectivity index (χ4n) is 3.61. The van der Waals surface area contributed by atoms with Crippen LogP contribution < -0.4 is 0 Å². The third-order valence-corrected chi connectivity index (χ3v) is 4.72. The highest BCUT2D eigenvalue weighted by Gasteiger charge is 2.53. The molecule has 4 aliphatic rings. The number of carbonyl (C=O) groups excluding carboxylic acids is 3. The summed E-state index contributed by atoms with van der Waals surface area (Å²) in [6.45, 7) is 1.22. The number of urea groups is 1. The molecule has 4 amide bonds. The number of hydrogen-bond acceptors (Lipinski definition) is 3. The number of rotatable bonds is 2.